The van der Waals surface area contributed by atoms with Crippen LogP contribution in [0.3, 0.4) is 0 Å². The maximum absolute atomic E-state index is 13.6. The summed E-state index contributed by atoms with van der Waals surface area (Å²) < 4.78 is 7.52. The number of piperazine rings is 1. The molecule has 0 radical (unpaired) electrons. The van der Waals surface area contributed by atoms with Gasteiger partial charge < -0.3 is 26.0 Å². The van der Waals surface area contributed by atoms with Crippen LogP contribution in [0.4, 0.5) is 5.69 Å². The largest absolute Gasteiger partial charge is 0.381 e. The topological polar surface area (TPSA) is 125 Å². The molecule has 5 heterocycles. The molecule has 3 aliphatic rings. The van der Waals surface area contributed by atoms with Gasteiger partial charge in [0.15, 0.2) is 5.65 Å². The van der Waals surface area contributed by atoms with Gasteiger partial charge in [-0.25, -0.2) is 9.67 Å². The van der Waals surface area contributed by atoms with Gasteiger partial charge in [-0.05, 0) is 92.1 Å². The predicted molar refractivity (Wildman–Crippen MR) is 216 cm³/mol. The number of benzene rings is 3. The summed E-state index contributed by atoms with van der Waals surface area (Å²) in [6.45, 7) is 12.2. The fourth-order valence-corrected chi connectivity index (χ4v) is 8.51. The smallest absolute Gasteiger partial charge is 0.251 e. The number of hydrogen-bond acceptors (Lipinski definition) is 8. The predicted octanol–water partition coefficient (Wildman–Crippen LogP) is 5.99. The summed E-state index contributed by atoms with van der Waals surface area (Å²) in [7, 11) is 0. The highest BCUT2D eigenvalue weighted by atomic mass is 16.5. The highest BCUT2D eigenvalue weighted by molar-refractivity contribution is 6.00. The number of amides is 2. The van der Waals surface area contributed by atoms with Crippen molar-refractivity contribution in [1.82, 2.24) is 35.6 Å². The van der Waals surface area contributed by atoms with Crippen LogP contribution in [-0.4, -0.2) is 75.9 Å². The summed E-state index contributed by atoms with van der Waals surface area (Å²) in [5, 5.41) is 19.1. The molecule has 5 aromatic rings. The third-order valence-corrected chi connectivity index (χ3v) is 11.4. The summed E-state index contributed by atoms with van der Waals surface area (Å²) in [4.78, 5) is 34.7. The number of nitrogens with one attached hydrogen (secondary N) is 4. The SMILES string of the molecule is CCc1nc2c(cnn2CC)c(NC2CCOCC2)c1CNC(=O)c1cccc(C(=O)NCc2cc(C)cc(-c3cccc(CN4C[C@@H]5C[C@@H]4CN5)c3)c2)c1. The lowest BCUT2D eigenvalue weighted by atomic mass is 9.98. The molecule has 11 heteroatoms. The van der Waals surface area contributed by atoms with Gasteiger partial charge in [-0.2, -0.15) is 5.10 Å². The van der Waals surface area contributed by atoms with Gasteiger partial charge in [-0.3, -0.25) is 14.5 Å². The molecular weight excluding hydrogens is 689 g/mol. The number of ether oxygens (including phenoxy) is 1. The molecule has 0 aliphatic carbocycles. The van der Waals surface area contributed by atoms with Crippen LogP contribution in [0.15, 0.2) is 72.9 Å². The number of carbonyl (C=O) groups excluding carboxylic acids is 2. The van der Waals surface area contributed by atoms with E-state index in [1.165, 1.54) is 17.5 Å². The maximum atomic E-state index is 13.6. The second-order valence-corrected chi connectivity index (χ2v) is 15.3. The monoisotopic (exact) mass is 740 g/mol. The normalized spacial score (nSPS) is 18.5. The number of carbonyl (C=O) groups is 2. The first-order valence-corrected chi connectivity index (χ1v) is 19.9. The number of aromatic nitrogens is 3. The molecular formula is C44H52N8O3. The Morgan fingerprint density at radius 2 is 1.67 bits per heavy atom. The van der Waals surface area contributed by atoms with Crippen LogP contribution in [0.5, 0.6) is 0 Å². The average molecular weight is 741 g/mol. The van der Waals surface area contributed by atoms with Crippen LogP contribution in [-0.2, 0) is 37.3 Å². The standard InChI is InChI=1S/C44H52N8O3/c1-4-40-38(41(49-35-12-14-55-15-13-35)39-25-48-52(5-2)42(39)50-40)24-47-44(54)33-11-7-10-32(20-33)43(53)46-22-30-16-28(3)17-34(19-30)31-9-6-8-29(18-31)26-51-27-36-21-37(51)23-45-36/h6-11,16-20,25,35-37,45H,4-5,12-15,21-24,26-27H2,1-3H3,(H,46,53)(H,47,54)(H,49,50)/t36-,37+/m0/s1. The van der Waals surface area contributed by atoms with E-state index in [4.69, 9.17) is 9.72 Å². The number of rotatable bonds is 13. The van der Waals surface area contributed by atoms with Crippen molar-refractivity contribution in [1.29, 1.82) is 0 Å². The van der Waals surface area contributed by atoms with E-state index >= 15 is 0 Å². The van der Waals surface area contributed by atoms with Gasteiger partial charge >= 0.3 is 0 Å². The Morgan fingerprint density at radius 3 is 2.40 bits per heavy atom. The molecule has 3 aliphatic heterocycles. The molecule has 0 spiro atoms. The van der Waals surface area contributed by atoms with Gasteiger partial charge in [0.2, 0.25) is 0 Å². The number of anilines is 1. The summed E-state index contributed by atoms with van der Waals surface area (Å²) in [6, 6.07) is 23.7. The van der Waals surface area contributed by atoms with Crippen LogP contribution in [0.25, 0.3) is 22.2 Å². The number of aryl methyl sites for hydroxylation is 3. The average Bonchev–Trinajstić information content (AvgIpc) is 3.96. The Balaban J connectivity index is 0.933. The van der Waals surface area contributed by atoms with Crippen LogP contribution >= 0.6 is 0 Å². The third kappa shape index (κ3) is 8.15. The molecule has 8 rings (SSSR count). The molecule has 4 N–H and O–H groups in total. The van der Waals surface area contributed by atoms with E-state index in [0.717, 1.165) is 96.9 Å². The lowest BCUT2D eigenvalue weighted by Crippen LogP contribution is -2.42. The van der Waals surface area contributed by atoms with E-state index in [9.17, 15) is 9.59 Å². The fraction of sp³-hybridized carbons (Fsp3) is 0.409. The Kier molecular flexibility index (Phi) is 10.9. The second-order valence-electron chi connectivity index (χ2n) is 15.3. The minimum Gasteiger partial charge on any atom is -0.381 e. The van der Waals surface area contributed by atoms with E-state index in [1.54, 1.807) is 24.3 Å². The molecule has 3 aromatic carbocycles. The van der Waals surface area contributed by atoms with E-state index in [0.29, 0.717) is 42.7 Å². The number of fused-ring (bicyclic) bond motifs is 3. The van der Waals surface area contributed by atoms with Crippen molar-refractivity contribution in [2.45, 2.75) is 90.8 Å². The summed E-state index contributed by atoms with van der Waals surface area (Å²) in [6.07, 6.45) is 5.64. The maximum Gasteiger partial charge on any atom is 0.251 e. The van der Waals surface area contributed by atoms with Gasteiger partial charge in [0.05, 0.1) is 17.3 Å². The van der Waals surface area contributed by atoms with Crippen molar-refractivity contribution in [2.75, 3.05) is 31.6 Å². The molecule has 2 bridgehead atoms. The van der Waals surface area contributed by atoms with E-state index < -0.39 is 0 Å². The Morgan fingerprint density at radius 1 is 0.909 bits per heavy atom. The Labute approximate surface area is 323 Å². The van der Waals surface area contributed by atoms with Crippen molar-refractivity contribution >= 4 is 28.5 Å². The Hall–Kier alpha value is -5.10. The zero-order chi connectivity index (χ0) is 37.9. The second kappa shape index (κ2) is 16.3. The third-order valence-electron chi connectivity index (χ3n) is 11.4. The van der Waals surface area contributed by atoms with Crippen molar-refractivity contribution < 1.29 is 14.3 Å². The van der Waals surface area contributed by atoms with E-state index in [-0.39, 0.29) is 17.9 Å². The fourth-order valence-electron chi connectivity index (χ4n) is 8.51. The minimum absolute atomic E-state index is 0.229. The molecule has 3 fully saturated rings. The first-order valence-electron chi connectivity index (χ1n) is 19.9. The van der Waals surface area contributed by atoms with E-state index in [1.807, 2.05) is 10.9 Å². The van der Waals surface area contributed by atoms with Crippen LogP contribution in [0, 0.1) is 6.92 Å². The van der Waals surface area contributed by atoms with Crippen LogP contribution < -0.4 is 21.3 Å². The molecule has 2 atom stereocenters. The summed E-state index contributed by atoms with van der Waals surface area (Å²) in [5.41, 5.74) is 10.4. The number of hydrogen-bond donors (Lipinski definition) is 4. The molecule has 3 saturated heterocycles. The lowest BCUT2D eigenvalue weighted by molar-refractivity contribution is 0.0904. The van der Waals surface area contributed by atoms with Gasteiger partial charge in [-0.1, -0.05) is 48.9 Å². The Bertz CT molecular complexity index is 2190. The van der Waals surface area contributed by atoms with Crippen molar-refractivity contribution in [3.05, 3.63) is 112 Å². The molecule has 2 aromatic heterocycles. The highest BCUT2D eigenvalue weighted by Gasteiger charge is 2.37. The number of pyridine rings is 1. The quantitative estimate of drug-likeness (QED) is 0.116. The summed E-state index contributed by atoms with van der Waals surface area (Å²) in [5.74, 6) is -0.481. The van der Waals surface area contributed by atoms with Gasteiger partial charge in [0, 0.05) is 93.0 Å². The molecule has 286 valence electrons. The summed E-state index contributed by atoms with van der Waals surface area (Å²) >= 11 is 0. The van der Waals surface area contributed by atoms with E-state index in [2.05, 4.69) is 94.5 Å². The highest BCUT2D eigenvalue weighted by Crippen LogP contribution is 2.32. The first-order chi connectivity index (χ1) is 26.8. The molecule has 2 amide bonds. The van der Waals surface area contributed by atoms with Crippen molar-refractivity contribution in [3.63, 3.8) is 0 Å². The minimum atomic E-state index is -0.252. The molecule has 11 nitrogen and oxygen atoms in total. The molecule has 0 saturated carbocycles. The number of likely N-dealkylation sites (tertiary alicyclic amines) is 1. The van der Waals surface area contributed by atoms with Gasteiger partial charge in [-0.15, -0.1) is 0 Å². The number of nitrogens with zero attached hydrogens (tertiary/aromatic N) is 4. The molecule has 55 heavy (non-hydrogen) atoms. The lowest BCUT2D eigenvalue weighted by Gasteiger charge is -2.27. The zero-order valence-corrected chi connectivity index (χ0v) is 32.2. The van der Waals surface area contributed by atoms with Crippen molar-refractivity contribution in [3.8, 4) is 11.1 Å². The van der Waals surface area contributed by atoms with Crippen LogP contribution in [0.1, 0.15) is 81.8 Å². The van der Waals surface area contributed by atoms with Gasteiger partial charge in [0.1, 0.15) is 0 Å². The van der Waals surface area contributed by atoms with Gasteiger partial charge in [0.25, 0.3) is 11.8 Å². The van der Waals surface area contributed by atoms with Crippen molar-refractivity contribution in [2.24, 2.45) is 0 Å². The first kappa shape index (κ1) is 36.9. The zero-order valence-electron chi connectivity index (χ0n) is 32.2. The van der Waals surface area contributed by atoms with Crippen LogP contribution in [0.2, 0.25) is 0 Å². The molecule has 0 unspecified atom stereocenters.